The fourth-order valence-electron chi connectivity index (χ4n) is 3.95. The number of carbonyl (C=O) groups is 2. The molecule has 1 aromatic rings. The Hall–Kier alpha value is -1.78. The molecule has 2 fully saturated rings. The van der Waals surface area contributed by atoms with Gasteiger partial charge in [-0.15, -0.1) is 0 Å². The van der Waals surface area contributed by atoms with Gasteiger partial charge in [-0.25, -0.2) is 0 Å². The fraction of sp³-hybridized carbons (Fsp3) is 0.684. The minimum absolute atomic E-state index is 0.0294. The van der Waals surface area contributed by atoms with E-state index in [-0.39, 0.29) is 17.7 Å². The first-order valence-corrected chi connectivity index (χ1v) is 9.23. The minimum Gasteiger partial charge on any atom is -0.354 e. The summed E-state index contributed by atoms with van der Waals surface area (Å²) in [5.74, 6) is 0.265. The van der Waals surface area contributed by atoms with Crippen LogP contribution in [0.1, 0.15) is 59.4 Å². The number of nitrogens with one attached hydrogen (secondary N) is 1. The van der Waals surface area contributed by atoms with E-state index < -0.39 is 0 Å². The summed E-state index contributed by atoms with van der Waals surface area (Å²) in [5.41, 5.74) is 3.92. The van der Waals surface area contributed by atoms with Gasteiger partial charge >= 0.3 is 0 Å². The van der Waals surface area contributed by atoms with Crippen LogP contribution < -0.4 is 0 Å². The SMILES string of the molecule is Cc1[nH]c(C(=O)N2CCCC(C(=O)N3CCCCC3)C2)c(C)c1C. The first kappa shape index (κ1) is 17.1. The maximum Gasteiger partial charge on any atom is 0.270 e. The number of H-pyrrole nitrogens is 1. The lowest BCUT2D eigenvalue weighted by Crippen LogP contribution is -2.48. The summed E-state index contributed by atoms with van der Waals surface area (Å²) < 4.78 is 0. The van der Waals surface area contributed by atoms with Gasteiger partial charge in [0.1, 0.15) is 5.69 Å². The van der Waals surface area contributed by atoms with E-state index in [1.54, 1.807) is 0 Å². The highest BCUT2D eigenvalue weighted by molar-refractivity contribution is 5.95. The van der Waals surface area contributed by atoms with E-state index in [9.17, 15) is 9.59 Å². The smallest absolute Gasteiger partial charge is 0.270 e. The number of hydrogen-bond acceptors (Lipinski definition) is 2. The molecule has 0 saturated carbocycles. The maximum absolute atomic E-state index is 12.9. The van der Waals surface area contributed by atoms with E-state index in [2.05, 4.69) is 4.98 Å². The van der Waals surface area contributed by atoms with Crippen molar-refractivity contribution < 1.29 is 9.59 Å². The second kappa shape index (κ2) is 6.99. The van der Waals surface area contributed by atoms with Crippen molar-refractivity contribution in [3.8, 4) is 0 Å². The van der Waals surface area contributed by atoms with E-state index >= 15 is 0 Å². The third-order valence-corrected chi connectivity index (χ3v) is 5.75. The summed E-state index contributed by atoms with van der Waals surface area (Å²) in [6, 6.07) is 0. The molecule has 2 aliphatic heterocycles. The van der Waals surface area contributed by atoms with E-state index in [4.69, 9.17) is 0 Å². The molecule has 24 heavy (non-hydrogen) atoms. The van der Waals surface area contributed by atoms with Gasteiger partial charge < -0.3 is 14.8 Å². The topological polar surface area (TPSA) is 56.4 Å². The van der Waals surface area contributed by atoms with E-state index in [1.165, 1.54) is 6.42 Å². The highest BCUT2D eigenvalue weighted by Crippen LogP contribution is 2.24. The lowest BCUT2D eigenvalue weighted by atomic mass is 9.95. The normalized spacial score (nSPS) is 21.9. The van der Waals surface area contributed by atoms with Crippen molar-refractivity contribution in [2.75, 3.05) is 26.2 Å². The number of piperidine rings is 2. The van der Waals surface area contributed by atoms with E-state index in [0.717, 1.165) is 62.1 Å². The van der Waals surface area contributed by atoms with Crippen LogP contribution in [0.5, 0.6) is 0 Å². The Bertz CT molecular complexity index is 629. The number of rotatable bonds is 2. The summed E-state index contributed by atoms with van der Waals surface area (Å²) in [4.78, 5) is 32.8. The number of aromatic amines is 1. The van der Waals surface area contributed by atoms with Crippen molar-refractivity contribution in [3.63, 3.8) is 0 Å². The predicted octanol–water partition coefficient (Wildman–Crippen LogP) is 2.80. The Labute approximate surface area is 144 Å². The van der Waals surface area contributed by atoms with Crippen LogP contribution in [-0.4, -0.2) is 52.8 Å². The third kappa shape index (κ3) is 3.21. The van der Waals surface area contributed by atoms with Gasteiger partial charge in [-0.1, -0.05) is 0 Å². The molecule has 132 valence electrons. The third-order valence-electron chi connectivity index (χ3n) is 5.75. The lowest BCUT2D eigenvalue weighted by Gasteiger charge is -2.36. The van der Waals surface area contributed by atoms with Crippen LogP contribution >= 0.6 is 0 Å². The number of hydrogen-bond donors (Lipinski definition) is 1. The van der Waals surface area contributed by atoms with Crippen LogP contribution in [0.4, 0.5) is 0 Å². The van der Waals surface area contributed by atoms with Gasteiger partial charge in [-0.3, -0.25) is 9.59 Å². The highest BCUT2D eigenvalue weighted by Gasteiger charge is 2.33. The first-order chi connectivity index (χ1) is 11.5. The number of nitrogens with zero attached hydrogens (tertiary/aromatic N) is 2. The zero-order chi connectivity index (χ0) is 17.3. The molecular weight excluding hydrogens is 302 g/mol. The lowest BCUT2D eigenvalue weighted by molar-refractivity contribution is -0.137. The van der Waals surface area contributed by atoms with Crippen molar-refractivity contribution in [2.45, 2.75) is 52.9 Å². The molecule has 1 N–H and O–H groups in total. The number of likely N-dealkylation sites (tertiary alicyclic amines) is 2. The Morgan fingerprint density at radius 3 is 2.21 bits per heavy atom. The molecule has 0 aromatic carbocycles. The van der Waals surface area contributed by atoms with Crippen LogP contribution in [0.25, 0.3) is 0 Å². The molecule has 2 saturated heterocycles. The molecule has 5 heteroatoms. The summed E-state index contributed by atoms with van der Waals surface area (Å²) in [6.45, 7) is 9.11. The van der Waals surface area contributed by atoms with Gasteiger partial charge in [0, 0.05) is 31.9 Å². The standard InChI is InChI=1S/C19H29N3O2/c1-13-14(2)17(20-15(13)3)19(24)22-11-7-8-16(12-22)18(23)21-9-5-4-6-10-21/h16,20H,4-12H2,1-3H3. The molecule has 0 spiro atoms. The quantitative estimate of drug-likeness (QED) is 0.906. The first-order valence-electron chi connectivity index (χ1n) is 9.23. The molecule has 1 aromatic heterocycles. The zero-order valence-corrected chi connectivity index (χ0v) is 15.2. The molecule has 0 bridgehead atoms. The predicted molar refractivity (Wildman–Crippen MR) is 94.1 cm³/mol. The average molecular weight is 331 g/mol. The summed E-state index contributed by atoms with van der Waals surface area (Å²) in [5, 5.41) is 0. The van der Waals surface area contributed by atoms with Gasteiger partial charge in [0.05, 0.1) is 5.92 Å². The Morgan fingerprint density at radius 1 is 0.917 bits per heavy atom. The second-order valence-corrected chi connectivity index (χ2v) is 7.35. The van der Waals surface area contributed by atoms with Crippen LogP contribution in [0.2, 0.25) is 0 Å². The Balaban J connectivity index is 1.69. The summed E-state index contributed by atoms with van der Waals surface area (Å²) in [6.07, 6.45) is 5.26. The van der Waals surface area contributed by atoms with Crippen molar-refractivity contribution in [2.24, 2.45) is 5.92 Å². The average Bonchev–Trinajstić information content (AvgIpc) is 2.88. The molecule has 0 aliphatic carbocycles. The molecular formula is C19H29N3O2. The van der Waals surface area contributed by atoms with Crippen LogP contribution in [0.15, 0.2) is 0 Å². The summed E-state index contributed by atoms with van der Waals surface area (Å²) in [7, 11) is 0. The van der Waals surface area contributed by atoms with Gasteiger partial charge in [0.25, 0.3) is 5.91 Å². The van der Waals surface area contributed by atoms with Gasteiger partial charge in [-0.2, -0.15) is 0 Å². The van der Waals surface area contributed by atoms with Gasteiger partial charge in [0.15, 0.2) is 0 Å². The molecule has 3 rings (SSSR count). The van der Waals surface area contributed by atoms with Gasteiger partial charge in [0.2, 0.25) is 5.91 Å². The largest absolute Gasteiger partial charge is 0.354 e. The number of amides is 2. The Morgan fingerprint density at radius 2 is 1.58 bits per heavy atom. The second-order valence-electron chi connectivity index (χ2n) is 7.35. The van der Waals surface area contributed by atoms with E-state index in [0.29, 0.717) is 12.2 Å². The van der Waals surface area contributed by atoms with Crippen molar-refractivity contribution in [1.82, 2.24) is 14.8 Å². The van der Waals surface area contributed by atoms with Crippen molar-refractivity contribution in [1.29, 1.82) is 0 Å². The monoisotopic (exact) mass is 331 g/mol. The van der Waals surface area contributed by atoms with Crippen LogP contribution in [-0.2, 0) is 4.79 Å². The van der Waals surface area contributed by atoms with Crippen molar-refractivity contribution in [3.05, 3.63) is 22.5 Å². The fourth-order valence-corrected chi connectivity index (χ4v) is 3.95. The molecule has 3 heterocycles. The van der Waals surface area contributed by atoms with Crippen molar-refractivity contribution >= 4 is 11.8 Å². The molecule has 2 aliphatic rings. The number of aryl methyl sites for hydroxylation is 1. The molecule has 2 amide bonds. The zero-order valence-electron chi connectivity index (χ0n) is 15.2. The maximum atomic E-state index is 12.9. The molecule has 1 unspecified atom stereocenters. The van der Waals surface area contributed by atoms with E-state index in [1.807, 2.05) is 30.6 Å². The minimum atomic E-state index is -0.0294. The number of aromatic nitrogens is 1. The summed E-state index contributed by atoms with van der Waals surface area (Å²) >= 11 is 0. The molecule has 1 atom stereocenters. The Kier molecular flexibility index (Phi) is 4.97. The van der Waals surface area contributed by atoms with Gasteiger partial charge in [-0.05, 0) is 64.0 Å². The van der Waals surface area contributed by atoms with Crippen LogP contribution in [0, 0.1) is 26.7 Å². The number of carbonyl (C=O) groups excluding carboxylic acids is 2. The highest BCUT2D eigenvalue weighted by atomic mass is 16.2. The molecule has 5 nitrogen and oxygen atoms in total. The molecule has 0 radical (unpaired) electrons. The van der Waals surface area contributed by atoms with Crippen LogP contribution in [0.3, 0.4) is 0 Å².